The van der Waals surface area contributed by atoms with Crippen LogP contribution in [0.3, 0.4) is 0 Å². The molecule has 2 rings (SSSR count). The molecule has 0 atom stereocenters. The van der Waals surface area contributed by atoms with Crippen LogP contribution in [0.5, 0.6) is 11.5 Å². The van der Waals surface area contributed by atoms with Crippen molar-refractivity contribution in [2.75, 3.05) is 20.3 Å². The summed E-state index contributed by atoms with van der Waals surface area (Å²) in [6, 6.07) is 12.3. The van der Waals surface area contributed by atoms with Crippen LogP contribution in [0.1, 0.15) is 18.1 Å². The van der Waals surface area contributed by atoms with Crippen molar-refractivity contribution in [3.05, 3.63) is 56.5 Å². The molecule has 0 saturated carbocycles. The van der Waals surface area contributed by atoms with Gasteiger partial charge >= 0.3 is 0 Å². The lowest BCUT2D eigenvalue weighted by molar-refractivity contribution is 0.336. The van der Waals surface area contributed by atoms with Gasteiger partial charge < -0.3 is 14.8 Å². The largest absolute Gasteiger partial charge is 0.496 e. The lowest BCUT2D eigenvalue weighted by Gasteiger charge is -2.12. The third-order valence-corrected chi connectivity index (χ3v) is 4.62. The molecule has 0 amide bonds. The van der Waals surface area contributed by atoms with Crippen LogP contribution in [-0.4, -0.2) is 20.3 Å². The standard InChI is InChI=1S/C18H21Br2NO2.ClH/c1-3-23-18-15(19)10-13(11-16(18)20)12-21-9-8-14-6-4-5-7-17(14)22-2;/h4-7,10-11,21H,3,8-9,12H2,1-2H3;1H. The third kappa shape index (κ3) is 5.96. The molecule has 0 radical (unpaired) electrons. The Kier molecular flexibility index (Phi) is 9.74. The van der Waals surface area contributed by atoms with Gasteiger partial charge in [-0.05, 0) is 81.1 Å². The number of nitrogens with one attached hydrogen (secondary N) is 1. The highest BCUT2D eigenvalue weighted by molar-refractivity contribution is 9.11. The number of rotatable bonds is 8. The predicted molar refractivity (Wildman–Crippen MR) is 109 cm³/mol. The summed E-state index contributed by atoms with van der Waals surface area (Å²) in [7, 11) is 1.71. The first kappa shape index (κ1) is 21.3. The number of halogens is 3. The fraction of sp³-hybridized carbons (Fsp3) is 0.333. The van der Waals surface area contributed by atoms with E-state index in [1.54, 1.807) is 7.11 Å². The molecule has 0 heterocycles. The zero-order chi connectivity index (χ0) is 16.7. The third-order valence-electron chi connectivity index (χ3n) is 3.44. The maximum Gasteiger partial charge on any atom is 0.147 e. The van der Waals surface area contributed by atoms with Crippen LogP contribution in [0.4, 0.5) is 0 Å². The summed E-state index contributed by atoms with van der Waals surface area (Å²) in [5, 5.41) is 3.47. The molecule has 0 aliphatic rings. The summed E-state index contributed by atoms with van der Waals surface area (Å²) < 4.78 is 12.9. The van der Waals surface area contributed by atoms with Crippen LogP contribution in [0, 0.1) is 0 Å². The fourth-order valence-corrected chi connectivity index (χ4v) is 3.87. The van der Waals surface area contributed by atoms with Gasteiger partial charge in [-0.25, -0.2) is 0 Å². The van der Waals surface area contributed by atoms with Gasteiger partial charge in [-0.3, -0.25) is 0 Å². The molecule has 2 aromatic rings. The van der Waals surface area contributed by atoms with Gasteiger partial charge in [0.15, 0.2) is 0 Å². The molecule has 6 heteroatoms. The Morgan fingerprint density at radius 3 is 2.38 bits per heavy atom. The Labute approximate surface area is 166 Å². The van der Waals surface area contributed by atoms with E-state index < -0.39 is 0 Å². The molecular formula is C18H22Br2ClNO2. The van der Waals surface area contributed by atoms with Crippen LogP contribution in [0.2, 0.25) is 0 Å². The molecule has 0 aliphatic carbocycles. The van der Waals surface area contributed by atoms with E-state index in [0.717, 1.165) is 40.0 Å². The maximum atomic E-state index is 5.60. The minimum absolute atomic E-state index is 0. The SMILES string of the molecule is CCOc1c(Br)cc(CNCCc2ccccc2OC)cc1Br.Cl. The minimum atomic E-state index is 0. The van der Waals surface area contributed by atoms with Crippen molar-refractivity contribution in [3.8, 4) is 11.5 Å². The lowest BCUT2D eigenvalue weighted by atomic mass is 10.1. The first-order valence-electron chi connectivity index (χ1n) is 7.59. The van der Waals surface area contributed by atoms with E-state index in [-0.39, 0.29) is 12.4 Å². The number of methoxy groups -OCH3 is 1. The van der Waals surface area contributed by atoms with Crippen molar-refractivity contribution in [2.45, 2.75) is 19.9 Å². The minimum Gasteiger partial charge on any atom is -0.496 e. The number of hydrogen-bond acceptors (Lipinski definition) is 3. The van der Waals surface area contributed by atoms with E-state index in [1.165, 1.54) is 11.1 Å². The molecule has 0 fully saturated rings. The van der Waals surface area contributed by atoms with Crippen molar-refractivity contribution in [2.24, 2.45) is 0 Å². The Bertz CT molecular complexity index is 630. The summed E-state index contributed by atoms with van der Waals surface area (Å²) in [6.45, 7) is 4.32. The Morgan fingerprint density at radius 1 is 1.08 bits per heavy atom. The number of hydrogen-bond donors (Lipinski definition) is 1. The van der Waals surface area contributed by atoms with E-state index in [9.17, 15) is 0 Å². The highest BCUT2D eigenvalue weighted by Gasteiger charge is 2.08. The smallest absolute Gasteiger partial charge is 0.147 e. The van der Waals surface area contributed by atoms with Crippen LogP contribution in [0.15, 0.2) is 45.3 Å². The summed E-state index contributed by atoms with van der Waals surface area (Å²) in [5.41, 5.74) is 2.42. The summed E-state index contributed by atoms with van der Waals surface area (Å²) >= 11 is 7.13. The summed E-state index contributed by atoms with van der Waals surface area (Å²) in [6.07, 6.45) is 0.934. The second-order valence-electron chi connectivity index (χ2n) is 5.06. The van der Waals surface area contributed by atoms with Gasteiger partial charge in [-0.2, -0.15) is 0 Å². The van der Waals surface area contributed by atoms with Gasteiger partial charge in [0.2, 0.25) is 0 Å². The first-order chi connectivity index (χ1) is 11.2. The van der Waals surface area contributed by atoms with Crippen LogP contribution < -0.4 is 14.8 Å². The van der Waals surface area contributed by atoms with E-state index in [2.05, 4.69) is 55.4 Å². The topological polar surface area (TPSA) is 30.5 Å². The van der Waals surface area contributed by atoms with E-state index in [4.69, 9.17) is 9.47 Å². The molecule has 0 spiro atoms. The van der Waals surface area contributed by atoms with Crippen LogP contribution in [-0.2, 0) is 13.0 Å². The molecule has 0 aliphatic heterocycles. The molecule has 0 aromatic heterocycles. The average molecular weight is 480 g/mol. The molecule has 0 bridgehead atoms. The molecule has 132 valence electrons. The van der Waals surface area contributed by atoms with Crippen molar-refractivity contribution in [1.29, 1.82) is 0 Å². The molecule has 1 N–H and O–H groups in total. The Balaban J connectivity index is 0.00000288. The highest BCUT2D eigenvalue weighted by Crippen LogP contribution is 2.34. The first-order valence-corrected chi connectivity index (χ1v) is 9.17. The van der Waals surface area contributed by atoms with Gasteiger partial charge in [-0.1, -0.05) is 18.2 Å². The average Bonchev–Trinajstić information content (AvgIpc) is 2.55. The normalized spacial score (nSPS) is 10.2. The lowest BCUT2D eigenvalue weighted by Crippen LogP contribution is -2.17. The molecule has 0 unspecified atom stereocenters. The maximum absolute atomic E-state index is 5.60. The molecule has 3 nitrogen and oxygen atoms in total. The van der Waals surface area contributed by atoms with Crippen LogP contribution in [0.25, 0.3) is 0 Å². The summed E-state index contributed by atoms with van der Waals surface area (Å²) in [5.74, 6) is 1.80. The Morgan fingerprint density at radius 2 is 1.75 bits per heavy atom. The second kappa shape index (κ2) is 11.0. The van der Waals surface area contributed by atoms with Crippen molar-refractivity contribution < 1.29 is 9.47 Å². The van der Waals surface area contributed by atoms with Crippen LogP contribution >= 0.6 is 44.3 Å². The van der Waals surface area contributed by atoms with Gasteiger partial charge in [0, 0.05) is 6.54 Å². The van der Waals surface area contributed by atoms with E-state index in [1.807, 2.05) is 25.1 Å². The number of benzene rings is 2. The Hall–Kier alpha value is -0.750. The van der Waals surface area contributed by atoms with Crippen molar-refractivity contribution in [1.82, 2.24) is 5.32 Å². The molecular weight excluding hydrogens is 457 g/mol. The fourth-order valence-electron chi connectivity index (χ4n) is 2.36. The number of para-hydroxylation sites is 1. The summed E-state index contributed by atoms with van der Waals surface area (Å²) in [4.78, 5) is 0. The monoisotopic (exact) mass is 477 g/mol. The van der Waals surface area contributed by atoms with Gasteiger partial charge in [0.05, 0.1) is 22.7 Å². The van der Waals surface area contributed by atoms with E-state index >= 15 is 0 Å². The zero-order valence-electron chi connectivity index (χ0n) is 13.8. The molecule has 2 aromatic carbocycles. The molecule has 0 saturated heterocycles. The van der Waals surface area contributed by atoms with E-state index in [0.29, 0.717) is 6.61 Å². The van der Waals surface area contributed by atoms with Gasteiger partial charge in [-0.15, -0.1) is 12.4 Å². The second-order valence-corrected chi connectivity index (χ2v) is 6.77. The quantitative estimate of drug-likeness (QED) is 0.516. The highest BCUT2D eigenvalue weighted by atomic mass is 79.9. The predicted octanol–water partition coefficient (Wildman–Crippen LogP) is 5.37. The zero-order valence-corrected chi connectivity index (χ0v) is 17.8. The number of ether oxygens (including phenoxy) is 2. The van der Waals surface area contributed by atoms with Gasteiger partial charge in [0.1, 0.15) is 11.5 Å². The van der Waals surface area contributed by atoms with Crippen molar-refractivity contribution in [3.63, 3.8) is 0 Å². The van der Waals surface area contributed by atoms with Gasteiger partial charge in [0.25, 0.3) is 0 Å². The molecule has 24 heavy (non-hydrogen) atoms. The van der Waals surface area contributed by atoms with Crippen molar-refractivity contribution >= 4 is 44.3 Å².